The Morgan fingerprint density at radius 2 is 1.67 bits per heavy atom. The molecule has 0 atom stereocenters. The average Bonchev–Trinajstić information content (AvgIpc) is 3.21. The molecule has 3 heterocycles. The average molecular weight is 435 g/mol. The molecule has 1 amide bonds. The molecule has 0 bridgehead atoms. The minimum absolute atomic E-state index is 0.0647. The van der Waals surface area contributed by atoms with Crippen LogP contribution in [0.4, 0.5) is 11.5 Å². The number of nitrogens with one attached hydrogen (secondary N) is 1. The molecule has 5 aromatic rings. The second-order valence-electron chi connectivity index (χ2n) is 7.81. The molecule has 33 heavy (non-hydrogen) atoms. The van der Waals surface area contributed by atoms with Gasteiger partial charge in [-0.1, -0.05) is 29.8 Å². The van der Waals surface area contributed by atoms with Gasteiger partial charge in [-0.3, -0.25) is 9.36 Å². The molecule has 3 N–H and O–H groups in total. The predicted molar refractivity (Wildman–Crippen MR) is 130 cm³/mol. The summed E-state index contributed by atoms with van der Waals surface area (Å²) in [6.07, 6.45) is 3.67. The lowest BCUT2D eigenvalue weighted by molar-refractivity contribution is -0.115. The van der Waals surface area contributed by atoms with E-state index in [4.69, 9.17) is 10.7 Å². The van der Waals surface area contributed by atoms with Crippen molar-refractivity contribution in [1.82, 2.24) is 19.5 Å². The molecule has 2 aromatic carbocycles. The fourth-order valence-corrected chi connectivity index (χ4v) is 3.73. The molecule has 0 aliphatic carbocycles. The lowest BCUT2D eigenvalue weighted by Gasteiger charge is -2.11. The highest BCUT2D eigenvalue weighted by Gasteiger charge is 2.17. The van der Waals surface area contributed by atoms with Crippen LogP contribution in [0.3, 0.4) is 0 Å². The molecule has 0 aliphatic rings. The van der Waals surface area contributed by atoms with Crippen molar-refractivity contribution in [3.63, 3.8) is 0 Å². The summed E-state index contributed by atoms with van der Waals surface area (Å²) in [5.41, 5.74) is 12.1. The number of hydrogen-bond donors (Lipinski definition) is 2. The third-order valence-electron chi connectivity index (χ3n) is 5.39. The number of nitrogen functional groups attached to an aromatic ring is 1. The quantitative estimate of drug-likeness (QED) is 0.423. The number of benzene rings is 2. The van der Waals surface area contributed by atoms with Crippen molar-refractivity contribution in [2.24, 2.45) is 0 Å². The Morgan fingerprint density at radius 3 is 2.42 bits per heavy atom. The fraction of sp³-hybridized carbons (Fsp3) is 0.0769. The van der Waals surface area contributed by atoms with E-state index < -0.39 is 0 Å². The molecule has 3 aromatic heterocycles. The third-order valence-corrected chi connectivity index (χ3v) is 5.39. The van der Waals surface area contributed by atoms with Crippen LogP contribution in [-0.2, 0) is 11.2 Å². The van der Waals surface area contributed by atoms with E-state index >= 15 is 0 Å². The molecule has 7 nitrogen and oxygen atoms in total. The number of aryl methyl sites for hydroxylation is 1. The summed E-state index contributed by atoms with van der Waals surface area (Å²) in [5, 5.41) is 2.94. The number of rotatable bonds is 5. The van der Waals surface area contributed by atoms with Crippen molar-refractivity contribution < 1.29 is 4.79 Å². The number of nitrogens with two attached hydrogens (primary N) is 1. The Balaban J connectivity index is 1.45. The Morgan fingerprint density at radius 1 is 0.939 bits per heavy atom. The van der Waals surface area contributed by atoms with E-state index in [0.29, 0.717) is 11.6 Å². The molecule has 0 radical (unpaired) electrons. The van der Waals surface area contributed by atoms with E-state index in [1.165, 1.54) is 0 Å². The summed E-state index contributed by atoms with van der Waals surface area (Å²) in [7, 11) is 0. The number of carbonyl (C=O) groups excluding carboxylic acids is 1. The topological polar surface area (TPSA) is 98.7 Å². The first-order valence-electron chi connectivity index (χ1n) is 10.6. The zero-order valence-corrected chi connectivity index (χ0v) is 18.1. The van der Waals surface area contributed by atoms with Gasteiger partial charge in [-0.2, -0.15) is 0 Å². The van der Waals surface area contributed by atoms with Crippen LogP contribution >= 0.6 is 0 Å². The summed E-state index contributed by atoms with van der Waals surface area (Å²) in [4.78, 5) is 26.0. The number of nitrogens with zero attached hydrogens (tertiary/aromatic N) is 4. The van der Waals surface area contributed by atoms with Crippen molar-refractivity contribution in [3.05, 3.63) is 96.3 Å². The zero-order chi connectivity index (χ0) is 22.8. The Kier molecular flexibility index (Phi) is 5.28. The van der Waals surface area contributed by atoms with Gasteiger partial charge in [-0.15, -0.1) is 0 Å². The highest BCUT2D eigenvalue weighted by molar-refractivity contribution is 5.92. The van der Waals surface area contributed by atoms with E-state index in [0.717, 1.165) is 39.2 Å². The summed E-state index contributed by atoms with van der Waals surface area (Å²) in [6, 6.07) is 23.0. The van der Waals surface area contributed by atoms with Crippen LogP contribution < -0.4 is 11.1 Å². The molecule has 5 rings (SSSR count). The maximum absolute atomic E-state index is 12.5. The van der Waals surface area contributed by atoms with Crippen molar-refractivity contribution in [2.75, 3.05) is 11.1 Å². The first-order valence-corrected chi connectivity index (χ1v) is 10.6. The number of carbonyl (C=O) groups is 1. The van der Waals surface area contributed by atoms with Gasteiger partial charge >= 0.3 is 0 Å². The van der Waals surface area contributed by atoms with Gasteiger partial charge in [0.25, 0.3) is 0 Å². The van der Waals surface area contributed by atoms with Crippen LogP contribution in [-0.4, -0.2) is 25.4 Å². The summed E-state index contributed by atoms with van der Waals surface area (Å²) in [6.45, 7) is 2.01. The first-order chi connectivity index (χ1) is 16.1. The van der Waals surface area contributed by atoms with Gasteiger partial charge in [0.15, 0.2) is 11.5 Å². The normalized spacial score (nSPS) is 10.9. The maximum Gasteiger partial charge on any atom is 0.228 e. The highest BCUT2D eigenvalue weighted by atomic mass is 16.1. The van der Waals surface area contributed by atoms with Crippen molar-refractivity contribution in [2.45, 2.75) is 13.3 Å². The summed E-state index contributed by atoms with van der Waals surface area (Å²) in [5.74, 6) is 1.00. The third kappa shape index (κ3) is 4.16. The van der Waals surface area contributed by atoms with Gasteiger partial charge in [0.2, 0.25) is 5.91 Å². The van der Waals surface area contributed by atoms with Crippen LogP contribution in [0.5, 0.6) is 0 Å². The fourth-order valence-electron chi connectivity index (χ4n) is 3.73. The largest absolute Gasteiger partial charge is 0.383 e. The number of pyridine rings is 2. The van der Waals surface area contributed by atoms with Gasteiger partial charge in [0, 0.05) is 23.8 Å². The lowest BCUT2D eigenvalue weighted by atomic mass is 10.1. The Hall–Kier alpha value is -4.52. The van der Waals surface area contributed by atoms with Gasteiger partial charge in [0.05, 0.1) is 12.0 Å². The first kappa shape index (κ1) is 20.4. The minimum atomic E-state index is -0.0647. The van der Waals surface area contributed by atoms with E-state index in [1.807, 2.05) is 84.3 Å². The second-order valence-corrected chi connectivity index (χ2v) is 7.81. The molecule has 0 spiro atoms. The minimum Gasteiger partial charge on any atom is -0.383 e. The molecule has 0 fully saturated rings. The van der Waals surface area contributed by atoms with Crippen LogP contribution in [0.15, 0.2) is 85.2 Å². The van der Waals surface area contributed by atoms with Crippen LogP contribution in [0, 0.1) is 6.92 Å². The van der Waals surface area contributed by atoms with E-state index in [9.17, 15) is 4.79 Å². The summed E-state index contributed by atoms with van der Waals surface area (Å²) >= 11 is 0. The van der Waals surface area contributed by atoms with Crippen LogP contribution in [0.2, 0.25) is 0 Å². The number of fused-ring (bicyclic) bond motifs is 1. The standard InChI is InChI=1S/C26H22N6O/c1-17-6-10-19(11-7-17)30-23(33)16-18-8-12-20(13-9-18)32-25(21-4-2-14-28-24(21)27)31-22-5-3-15-29-26(22)32/h2-15H,16H2,1H3,(H2,27,28)(H,30,33). The Bertz CT molecular complexity index is 1440. The van der Waals surface area contributed by atoms with Crippen LogP contribution in [0.25, 0.3) is 28.2 Å². The highest BCUT2D eigenvalue weighted by Crippen LogP contribution is 2.30. The number of imidazole rings is 1. The number of hydrogen-bond acceptors (Lipinski definition) is 5. The van der Waals surface area contributed by atoms with Gasteiger partial charge in [-0.25, -0.2) is 15.0 Å². The summed E-state index contributed by atoms with van der Waals surface area (Å²) < 4.78 is 1.96. The molecule has 0 saturated carbocycles. The van der Waals surface area contributed by atoms with E-state index in [2.05, 4.69) is 15.3 Å². The molecule has 162 valence electrons. The number of anilines is 2. The van der Waals surface area contributed by atoms with Gasteiger partial charge < -0.3 is 11.1 Å². The molecule has 0 unspecified atom stereocenters. The molecule has 0 saturated heterocycles. The SMILES string of the molecule is Cc1ccc(NC(=O)Cc2ccc(-n3c(-c4cccnc4N)nc4cccnc43)cc2)cc1. The molecule has 7 heteroatoms. The van der Waals surface area contributed by atoms with Crippen LogP contribution in [0.1, 0.15) is 11.1 Å². The van der Waals surface area contributed by atoms with Crippen molar-refractivity contribution >= 4 is 28.6 Å². The molecular formula is C26H22N6O. The monoisotopic (exact) mass is 434 g/mol. The van der Waals surface area contributed by atoms with E-state index in [-0.39, 0.29) is 12.3 Å². The van der Waals surface area contributed by atoms with Gasteiger partial charge in [-0.05, 0) is 61.0 Å². The Labute approximate surface area is 191 Å². The van der Waals surface area contributed by atoms with E-state index in [1.54, 1.807) is 12.4 Å². The van der Waals surface area contributed by atoms with Crippen molar-refractivity contribution in [1.29, 1.82) is 0 Å². The number of aromatic nitrogens is 4. The van der Waals surface area contributed by atoms with Gasteiger partial charge in [0.1, 0.15) is 11.3 Å². The zero-order valence-electron chi connectivity index (χ0n) is 18.1. The number of amides is 1. The molecule has 0 aliphatic heterocycles. The predicted octanol–water partition coefficient (Wildman–Crippen LogP) is 4.55. The lowest BCUT2D eigenvalue weighted by Crippen LogP contribution is -2.14. The molecular weight excluding hydrogens is 412 g/mol. The second kappa shape index (κ2) is 8.55. The maximum atomic E-state index is 12.5. The van der Waals surface area contributed by atoms with Crippen molar-refractivity contribution in [3.8, 4) is 17.1 Å². The smallest absolute Gasteiger partial charge is 0.228 e.